The summed E-state index contributed by atoms with van der Waals surface area (Å²) in [7, 11) is 5.63. The van der Waals surface area contributed by atoms with Crippen LogP contribution in [0.15, 0.2) is 24.3 Å². The molecule has 22 nitrogen and oxygen atoms in total. The maximum atomic E-state index is 15.6. The van der Waals surface area contributed by atoms with Crippen molar-refractivity contribution in [3.63, 3.8) is 0 Å². The Kier molecular flexibility index (Phi) is 12.5. The number of esters is 4. The van der Waals surface area contributed by atoms with E-state index in [9.17, 15) is 0 Å². The molecule has 10 aliphatic heterocycles. The lowest BCUT2D eigenvalue weighted by molar-refractivity contribution is -0.193. The Morgan fingerprint density at radius 2 is 0.529 bits per heavy atom. The van der Waals surface area contributed by atoms with E-state index in [1.54, 1.807) is 0 Å². The molecule has 6 aliphatic carbocycles. The predicted molar refractivity (Wildman–Crippen MR) is 291 cm³/mol. The van der Waals surface area contributed by atoms with E-state index in [0.717, 1.165) is 35.1 Å². The summed E-state index contributed by atoms with van der Waals surface area (Å²) >= 11 is 0. The smallest absolute Gasteiger partial charge is 0.338 e. The first-order valence-corrected chi connectivity index (χ1v) is 32.0. The third-order valence-corrected chi connectivity index (χ3v) is 25.3. The maximum absolute atomic E-state index is 15.6. The van der Waals surface area contributed by atoms with E-state index in [1.165, 1.54) is 28.4 Å². The van der Waals surface area contributed by atoms with Gasteiger partial charge in [-0.1, -0.05) is 0 Å². The Morgan fingerprint density at radius 3 is 0.759 bits per heavy atom. The Morgan fingerprint density at radius 1 is 0.322 bits per heavy atom. The Hall–Kier alpha value is -4.88. The number of carbonyl (C=O) groups excluding carboxylic acids is 4. The monoisotopic (exact) mass is 1210 g/mol. The summed E-state index contributed by atoms with van der Waals surface area (Å²) in [6.45, 7) is 6.25. The van der Waals surface area contributed by atoms with Gasteiger partial charge in [-0.2, -0.15) is 0 Å². The summed E-state index contributed by atoms with van der Waals surface area (Å²) < 4.78 is 114. The molecule has 6 saturated heterocycles. The van der Waals surface area contributed by atoms with Crippen molar-refractivity contribution in [3.8, 4) is 23.0 Å². The molecule has 0 N–H and O–H groups in total. The van der Waals surface area contributed by atoms with Gasteiger partial charge in [0.25, 0.3) is 0 Å². The zero-order valence-corrected chi connectivity index (χ0v) is 49.4. The Bertz CT molecular complexity index is 2790. The van der Waals surface area contributed by atoms with Gasteiger partial charge in [-0.25, -0.2) is 19.2 Å². The molecule has 2 aromatic rings. The molecule has 10 heterocycles. The van der Waals surface area contributed by atoms with Crippen LogP contribution in [-0.4, -0.2) is 180 Å². The highest BCUT2D eigenvalue weighted by Crippen LogP contribution is 2.90. The molecule has 14 bridgehead atoms. The fourth-order valence-corrected chi connectivity index (χ4v) is 24.0. The molecule has 0 radical (unpaired) electrons. The third kappa shape index (κ3) is 6.71. The molecule has 0 spiro atoms. The van der Waals surface area contributed by atoms with Crippen LogP contribution in [0.25, 0.3) is 0 Å². The second-order valence-electron chi connectivity index (χ2n) is 27.4. The summed E-state index contributed by atoms with van der Waals surface area (Å²) in [5, 5.41) is 0. The molecule has 0 amide bonds. The second-order valence-corrected chi connectivity index (χ2v) is 27.4. The Balaban J connectivity index is 0.715. The lowest BCUT2D eigenvalue weighted by atomic mass is 9.41. The van der Waals surface area contributed by atoms with Gasteiger partial charge in [0.05, 0.1) is 132 Å². The average Bonchev–Trinajstić information content (AvgIpc) is 1.43. The molecule has 468 valence electrons. The number of fused-ring (bicyclic) bond motifs is 52. The minimum atomic E-state index is -1.60. The molecule has 24 atom stereocenters. The van der Waals surface area contributed by atoms with Crippen LogP contribution in [0.4, 0.5) is 0 Å². The standard InChI is InChI=1S/C65H76O22/c1-70-58(66)62-46-32-21-33(43-42(32)54-28-24-38-39(25-29(28)55(43)84-54)81-18-14-77-10-6-74-5-9-76-13-17-80-38)47(46)63(86-62,59(67)71-2)51-37-23-36(50(51)62)52-53(37)65(61(69)73-4)49-35-22-34(48(49)64(52,87-65)60(68)72-3)44-45(35)57-31-27-41-40(26-30(31)56(44)85-57)82-19-15-78-11-7-75-8-12-79-16-20-83-41/h24-27,32-37,42-57H,5-23H2,1-4H3. The molecule has 16 aliphatic rings. The fourth-order valence-electron chi connectivity index (χ4n) is 24.0. The number of ether oxygens (including phenoxy) is 18. The van der Waals surface area contributed by atoms with Crippen LogP contribution in [-0.2, 0) is 85.5 Å². The van der Waals surface area contributed by atoms with Crippen LogP contribution in [0.2, 0.25) is 0 Å². The van der Waals surface area contributed by atoms with Crippen LogP contribution in [0.5, 0.6) is 23.0 Å². The second kappa shape index (κ2) is 19.8. The normalized spacial score (nSPS) is 48.3. The summed E-state index contributed by atoms with van der Waals surface area (Å²) in [6, 6.07) is 8.24. The quantitative estimate of drug-likeness (QED) is 0.306. The largest absolute Gasteiger partial charge is 0.487 e. The van der Waals surface area contributed by atoms with E-state index in [2.05, 4.69) is 24.3 Å². The third-order valence-electron chi connectivity index (χ3n) is 25.3. The van der Waals surface area contributed by atoms with E-state index >= 15 is 19.2 Å². The molecular weight excluding hydrogens is 1130 g/mol. The number of hydrogen-bond donors (Lipinski definition) is 0. The van der Waals surface area contributed by atoms with E-state index in [0.29, 0.717) is 135 Å². The zero-order valence-electron chi connectivity index (χ0n) is 49.4. The topological polar surface area (TPSA) is 234 Å². The molecule has 87 heavy (non-hydrogen) atoms. The lowest BCUT2D eigenvalue weighted by Crippen LogP contribution is -2.69. The van der Waals surface area contributed by atoms with Gasteiger partial charge in [0, 0.05) is 47.3 Å². The average molecular weight is 1210 g/mol. The van der Waals surface area contributed by atoms with Crippen LogP contribution in [0, 0.1) is 107 Å². The number of benzene rings is 2. The number of methoxy groups -OCH3 is 4. The first kappa shape index (κ1) is 55.0. The highest BCUT2D eigenvalue weighted by atomic mass is 16.6. The van der Waals surface area contributed by atoms with E-state index < -0.39 is 105 Å². The molecule has 18 rings (SSSR count). The van der Waals surface area contributed by atoms with Gasteiger partial charge in [-0.15, -0.1) is 0 Å². The minimum absolute atomic E-state index is 0.0120. The molecule has 12 fully saturated rings. The van der Waals surface area contributed by atoms with Gasteiger partial charge in [0.15, 0.2) is 45.4 Å². The van der Waals surface area contributed by atoms with E-state index in [1.807, 2.05) is 0 Å². The number of hydrogen-bond acceptors (Lipinski definition) is 22. The first-order valence-electron chi connectivity index (χ1n) is 32.0. The van der Waals surface area contributed by atoms with Gasteiger partial charge in [0.2, 0.25) is 0 Å². The highest BCUT2D eigenvalue weighted by molar-refractivity contribution is 5.92. The van der Waals surface area contributed by atoms with E-state index in [4.69, 9.17) is 85.3 Å². The predicted octanol–water partition coefficient (Wildman–Crippen LogP) is 4.36. The van der Waals surface area contributed by atoms with Gasteiger partial charge >= 0.3 is 23.9 Å². The van der Waals surface area contributed by atoms with Gasteiger partial charge in [-0.3, -0.25) is 0 Å². The molecule has 22 heteroatoms. The van der Waals surface area contributed by atoms with Crippen LogP contribution in [0.1, 0.15) is 65.9 Å². The minimum Gasteiger partial charge on any atom is -0.487 e. The molecule has 24 unspecified atom stereocenters. The SMILES string of the molecule is COC(=O)C12OC(C(=O)OC)(C3C4CC(C5C6OC(c7cc8c(cc76)OCCOCCOCCOCCO8)C45)C31)C1C3CC(C12)C1C3C2(C(=O)OC)OC1(C(=O)OC)C1C3CC(C4C5OC(c6cc7c(cc65)OCCOCCOCCOCCO7)C34)C12. The van der Waals surface area contributed by atoms with Crippen molar-refractivity contribution in [2.45, 2.75) is 66.1 Å². The van der Waals surface area contributed by atoms with Crippen LogP contribution in [0.3, 0.4) is 0 Å². The van der Waals surface area contributed by atoms with Crippen molar-refractivity contribution >= 4 is 23.9 Å². The summed E-state index contributed by atoms with van der Waals surface area (Å²) in [6.07, 6.45) is 0.783. The van der Waals surface area contributed by atoms with Crippen molar-refractivity contribution in [2.24, 2.45) is 107 Å². The zero-order chi connectivity index (χ0) is 58.6. The van der Waals surface area contributed by atoms with Crippen LogP contribution >= 0.6 is 0 Å². The van der Waals surface area contributed by atoms with Gasteiger partial charge in [-0.05, 0) is 125 Å². The van der Waals surface area contributed by atoms with Crippen LogP contribution < -0.4 is 18.9 Å². The first-order chi connectivity index (χ1) is 42.6. The Labute approximate surface area is 502 Å². The lowest BCUT2D eigenvalue weighted by Gasteiger charge is -2.58. The van der Waals surface area contributed by atoms with Gasteiger partial charge < -0.3 is 85.3 Å². The van der Waals surface area contributed by atoms with E-state index in [-0.39, 0.29) is 71.8 Å². The summed E-state index contributed by atoms with van der Waals surface area (Å²) in [4.78, 5) is 62.5. The number of carbonyl (C=O) groups is 4. The molecular formula is C65H76O22. The van der Waals surface area contributed by atoms with Crippen molar-refractivity contribution in [3.05, 3.63) is 46.5 Å². The van der Waals surface area contributed by atoms with Crippen molar-refractivity contribution in [2.75, 3.05) is 134 Å². The number of rotatable bonds is 4. The highest BCUT2D eigenvalue weighted by Gasteiger charge is 2.98. The summed E-state index contributed by atoms with van der Waals surface area (Å²) in [5.41, 5.74) is -2.26. The maximum Gasteiger partial charge on any atom is 0.338 e. The summed E-state index contributed by atoms with van der Waals surface area (Å²) in [5.74, 6) is -5.14. The molecule has 0 aromatic heterocycles. The van der Waals surface area contributed by atoms with Crippen molar-refractivity contribution < 1.29 is 104 Å². The molecule has 2 aromatic carbocycles. The van der Waals surface area contributed by atoms with Crippen molar-refractivity contribution in [1.29, 1.82) is 0 Å². The van der Waals surface area contributed by atoms with Crippen molar-refractivity contribution in [1.82, 2.24) is 0 Å². The molecule has 6 saturated carbocycles. The van der Waals surface area contributed by atoms with Gasteiger partial charge in [0.1, 0.15) is 26.4 Å². The fraction of sp³-hybridized carbons (Fsp3) is 0.754.